The molecule has 0 aliphatic rings. The van der Waals surface area contributed by atoms with Crippen LogP contribution in [-0.2, 0) is 22.9 Å². The minimum absolute atomic E-state index is 0.00297. The van der Waals surface area contributed by atoms with Gasteiger partial charge in [-0.15, -0.1) is 6.42 Å². The molecule has 3 aromatic heterocycles. The van der Waals surface area contributed by atoms with Gasteiger partial charge in [0.15, 0.2) is 15.5 Å². The normalized spacial score (nSPS) is 11.6. The molecule has 12 heteroatoms. The minimum Gasteiger partial charge on any atom is -0.508 e. The third-order valence-corrected chi connectivity index (χ3v) is 7.96. The van der Waals surface area contributed by atoms with Gasteiger partial charge in [0.2, 0.25) is 0 Å². The summed E-state index contributed by atoms with van der Waals surface area (Å²) < 4.78 is 27.4. The molecule has 0 radical (unpaired) electrons. The number of sulfone groups is 1. The SMILES string of the molecule is C#Cc1cccc2nc(Cn3nc(-c4cccc(O)c4)c4c(N)ncnc43)n(Cc3cccc(S(C)(=O)=O)c3)c(=O)c12. The molecule has 3 aromatic carbocycles. The van der Waals surface area contributed by atoms with Crippen molar-refractivity contribution in [3.63, 3.8) is 0 Å². The highest BCUT2D eigenvalue weighted by Crippen LogP contribution is 2.32. The van der Waals surface area contributed by atoms with Gasteiger partial charge >= 0.3 is 0 Å². The molecular formula is C30H23N7O4S. The minimum atomic E-state index is -3.47. The Kier molecular flexibility index (Phi) is 6.44. The Morgan fingerprint density at radius 1 is 1.00 bits per heavy atom. The lowest BCUT2D eigenvalue weighted by atomic mass is 10.1. The fourth-order valence-electron chi connectivity index (χ4n) is 4.90. The number of hydrogen-bond donors (Lipinski definition) is 2. The van der Waals surface area contributed by atoms with Gasteiger partial charge in [-0.1, -0.05) is 36.3 Å². The van der Waals surface area contributed by atoms with Crippen LogP contribution < -0.4 is 11.3 Å². The first kappa shape index (κ1) is 26.7. The van der Waals surface area contributed by atoms with E-state index in [-0.39, 0.29) is 40.5 Å². The van der Waals surface area contributed by atoms with Crippen LogP contribution in [0.3, 0.4) is 0 Å². The Hall–Kier alpha value is -5.54. The zero-order valence-electron chi connectivity index (χ0n) is 22.3. The summed E-state index contributed by atoms with van der Waals surface area (Å²) in [5.41, 5.74) is 8.69. The van der Waals surface area contributed by atoms with E-state index < -0.39 is 9.84 Å². The second-order valence-electron chi connectivity index (χ2n) is 9.70. The van der Waals surface area contributed by atoms with Gasteiger partial charge in [-0.05, 0) is 42.0 Å². The molecular weight excluding hydrogens is 554 g/mol. The zero-order valence-corrected chi connectivity index (χ0v) is 23.1. The van der Waals surface area contributed by atoms with Crippen molar-refractivity contribution in [1.29, 1.82) is 0 Å². The van der Waals surface area contributed by atoms with Crippen molar-refractivity contribution in [3.05, 3.63) is 100 Å². The molecule has 6 rings (SSSR count). The molecule has 0 unspecified atom stereocenters. The highest BCUT2D eigenvalue weighted by Gasteiger charge is 2.21. The maximum Gasteiger partial charge on any atom is 0.263 e. The van der Waals surface area contributed by atoms with Crippen LogP contribution in [0.15, 0.2) is 82.7 Å². The summed E-state index contributed by atoms with van der Waals surface area (Å²) in [5, 5.41) is 15.6. The number of nitrogen functional groups attached to an aromatic ring is 1. The molecule has 11 nitrogen and oxygen atoms in total. The first-order valence-electron chi connectivity index (χ1n) is 12.7. The average Bonchev–Trinajstić information content (AvgIpc) is 3.34. The summed E-state index contributed by atoms with van der Waals surface area (Å²) >= 11 is 0. The monoisotopic (exact) mass is 577 g/mol. The van der Waals surface area contributed by atoms with Gasteiger partial charge < -0.3 is 10.8 Å². The van der Waals surface area contributed by atoms with Crippen LogP contribution in [0.2, 0.25) is 0 Å². The fraction of sp³-hybridized carbons (Fsp3) is 0.100. The zero-order chi connectivity index (χ0) is 29.6. The van der Waals surface area contributed by atoms with E-state index in [0.29, 0.717) is 44.8 Å². The maximum atomic E-state index is 14.0. The number of aromatic nitrogens is 6. The molecule has 0 amide bonds. The number of rotatable bonds is 6. The first-order valence-corrected chi connectivity index (χ1v) is 14.6. The summed E-state index contributed by atoms with van der Waals surface area (Å²) in [6.07, 6.45) is 8.16. The van der Waals surface area contributed by atoms with E-state index in [0.717, 1.165) is 6.26 Å². The van der Waals surface area contributed by atoms with Crippen LogP contribution >= 0.6 is 0 Å². The third-order valence-electron chi connectivity index (χ3n) is 6.85. The number of terminal acetylenes is 1. The summed E-state index contributed by atoms with van der Waals surface area (Å²) in [4.78, 5) is 27.5. The Bertz CT molecular complexity index is 2250. The van der Waals surface area contributed by atoms with Gasteiger partial charge in [-0.25, -0.2) is 28.1 Å². The van der Waals surface area contributed by atoms with Crippen molar-refractivity contribution in [2.45, 2.75) is 18.0 Å². The van der Waals surface area contributed by atoms with E-state index in [9.17, 15) is 18.3 Å². The molecule has 6 aromatic rings. The Labute approximate surface area is 239 Å². The molecule has 0 saturated carbocycles. The van der Waals surface area contributed by atoms with Gasteiger partial charge in [0.1, 0.15) is 36.0 Å². The lowest BCUT2D eigenvalue weighted by Crippen LogP contribution is -2.28. The van der Waals surface area contributed by atoms with Crippen LogP contribution in [0, 0.1) is 12.3 Å². The van der Waals surface area contributed by atoms with Crippen molar-refractivity contribution in [1.82, 2.24) is 29.3 Å². The van der Waals surface area contributed by atoms with Crippen LogP contribution in [0.5, 0.6) is 5.75 Å². The van der Waals surface area contributed by atoms with E-state index in [1.54, 1.807) is 59.3 Å². The molecule has 3 N–H and O–H groups in total. The predicted molar refractivity (Wildman–Crippen MR) is 159 cm³/mol. The summed E-state index contributed by atoms with van der Waals surface area (Å²) in [5.74, 6) is 3.14. The lowest BCUT2D eigenvalue weighted by Gasteiger charge is -2.15. The van der Waals surface area contributed by atoms with E-state index in [4.69, 9.17) is 22.2 Å². The molecule has 0 saturated heterocycles. The van der Waals surface area contributed by atoms with Gasteiger partial charge in [-0.3, -0.25) is 9.36 Å². The number of nitrogens with zero attached hydrogens (tertiary/aromatic N) is 6. The number of anilines is 1. The second kappa shape index (κ2) is 10.1. The second-order valence-corrected chi connectivity index (χ2v) is 11.7. The van der Waals surface area contributed by atoms with E-state index in [2.05, 4.69) is 15.9 Å². The molecule has 0 atom stereocenters. The Morgan fingerprint density at radius 2 is 1.79 bits per heavy atom. The quantitative estimate of drug-likeness (QED) is 0.284. The van der Waals surface area contributed by atoms with Crippen molar-refractivity contribution >= 4 is 37.6 Å². The fourth-order valence-corrected chi connectivity index (χ4v) is 5.59. The highest BCUT2D eigenvalue weighted by atomic mass is 32.2. The third kappa shape index (κ3) is 4.71. The predicted octanol–water partition coefficient (Wildman–Crippen LogP) is 2.97. The van der Waals surface area contributed by atoms with Gasteiger partial charge in [0.25, 0.3) is 5.56 Å². The summed E-state index contributed by atoms with van der Waals surface area (Å²) in [7, 11) is -3.47. The molecule has 0 aliphatic heterocycles. The van der Waals surface area contributed by atoms with Crippen LogP contribution in [0.25, 0.3) is 33.2 Å². The van der Waals surface area contributed by atoms with Crippen molar-refractivity contribution in [3.8, 4) is 29.4 Å². The number of benzene rings is 3. The summed E-state index contributed by atoms with van der Waals surface area (Å²) in [6.45, 7) is 0.0259. The van der Waals surface area contributed by atoms with Crippen LogP contribution in [0.1, 0.15) is 17.0 Å². The van der Waals surface area contributed by atoms with E-state index in [1.807, 2.05) is 0 Å². The highest BCUT2D eigenvalue weighted by molar-refractivity contribution is 7.90. The smallest absolute Gasteiger partial charge is 0.263 e. The number of aromatic hydroxyl groups is 1. The van der Waals surface area contributed by atoms with Crippen molar-refractivity contribution in [2.24, 2.45) is 0 Å². The number of phenols is 1. The van der Waals surface area contributed by atoms with Gasteiger partial charge in [0, 0.05) is 17.4 Å². The molecule has 42 heavy (non-hydrogen) atoms. The largest absolute Gasteiger partial charge is 0.508 e. The van der Waals surface area contributed by atoms with Crippen molar-refractivity contribution < 1.29 is 13.5 Å². The summed E-state index contributed by atoms with van der Waals surface area (Å²) in [6, 6.07) is 18.1. The number of hydrogen-bond acceptors (Lipinski definition) is 9. The maximum absolute atomic E-state index is 14.0. The van der Waals surface area contributed by atoms with Crippen molar-refractivity contribution in [2.75, 3.05) is 12.0 Å². The molecule has 3 heterocycles. The Balaban J connectivity index is 1.57. The standard InChI is InChI=1S/C30H23N7O4S/c1-3-19-8-6-12-23-25(19)30(39)36(15-18-7-4-11-22(13-18)42(2,40)41)24(34-23)16-37-29-26(28(31)32-17-33-29)27(35-37)20-9-5-10-21(38)14-20/h1,4-14,17,38H,15-16H2,2H3,(H2,31,32,33). The van der Waals surface area contributed by atoms with Gasteiger partial charge in [0.05, 0.1) is 27.7 Å². The Morgan fingerprint density at radius 3 is 2.55 bits per heavy atom. The first-order chi connectivity index (χ1) is 20.1. The number of phenolic OH excluding ortho intramolecular Hbond substituents is 1. The van der Waals surface area contributed by atoms with Crippen LogP contribution in [-0.4, -0.2) is 49.1 Å². The lowest BCUT2D eigenvalue weighted by molar-refractivity contribution is 0.475. The molecule has 0 fully saturated rings. The van der Waals surface area contributed by atoms with Crippen LogP contribution in [0.4, 0.5) is 5.82 Å². The molecule has 0 bridgehead atoms. The van der Waals surface area contributed by atoms with Gasteiger partial charge in [-0.2, -0.15) is 5.10 Å². The van der Waals surface area contributed by atoms with E-state index in [1.165, 1.54) is 23.0 Å². The average molecular weight is 578 g/mol. The number of fused-ring (bicyclic) bond motifs is 2. The molecule has 0 spiro atoms. The molecule has 208 valence electrons. The number of nitrogens with two attached hydrogens (primary N) is 1. The molecule has 0 aliphatic carbocycles. The van der Waals surface area contributed by atoms with E-state index >= 15 is 0 Å². The topological polar surface area (TPSA) is 159 Å².